The van der Waals surface area contributed by atoms with Crippen LogP contribution in [-0.2, 0) is 0 Å². The van der Waals surface area contributed by atoms with E-state index in [1.165, 1.54) is 0 Å². The average Bonchev–Trinajstić information content (AvgIpc) is 3.33. The van der Waals surface area contributed by atoms with Crippen LogP contribution in [0.5, 0.6) is 5.75 Å². The Morgan fingerprint density at radius 2 is 1.77 bits per heavy atom. The molecule has 0 radical (unpaired) electrons. The number of ether oxygens (including phenoxy) is 1. The van der Waals surface area contributed by atoms with Gasteiger partial charge in [-0.25, -0.2) is 4.98 Å². The van der Waals surface area contributed by atoms with Crippen molar-refractivity contribution in [2.75, 3.05) is 18.5 Å². The van der Waals surface area contributed by atoms with E-state index in [4.69, 9.17) is 4.74 Å². The number of carbonyl (C=O) groups is 1. The standard InChI is InChI=1S/C24H22N4O2/c29-24(26-14-16-30-23-7-2-1-3-8-23)19-5-4-6-21(17-19)27-20-9-11-22(12-10-20)28-15-13-25-18-28/h1-13,15,17-18,27H,14,16H2,(H,26,29). The second kappa shape index (κ2) is 9.43. The molecule has 0 bridgehead atoms. The molecule has 0 unspecified atom stereocenters. The van der Waals surface area contributed by atoms with E-state index in [0.717, 1.165) is 22.8 Å². The number of carbonyl (C=O) groups excluding carboxylic acids is 1. The first-order valence-electron chi connectivity index (χ1n) is 9.69. The smallest absolute Gasteiger partial charge is 0.251 e. The van der Waals surface area contributed by atoms with Crippen LogP contribution in [0.3, 0.4) is 0 Å². The summed E-state index contributed by atoms with van der Waals surface area (Å²) in [5.74, 6) is 0.655. The number of aromatic nitrogens is 2. The van der Waals surface area contributed by atoms with Crippen LogP contribution in [0.2, 0.25) is 0 Å². The first kappa shape index (κ1) is 19.3. The van der Waals surface area contributed by atoms with Gasteiger partial charge in [0, 0.05) is 35.0 Å². The molecule has 0 aliphatic heterocycles. The van der Waals surface area contributed by atoms with E-state index in [9.17, 15) is 4.79 Å². The highest BCUT2D eigenvalue weighted by Gasteiger charge is 2.06. The molecule has 0 saturated carbocycles. The normalized spacial score (nSPS) is 10.4. The number of nitrogens with zero attached hydrogens (tertiary/aromatic N) is 2. The number of amides is 1. The van der Waals surface area contributed by atoms with Crippen LogP contribution in [0.4, 0.5) is 11.4 Å². The number of rotatable bonds is 8. The first-order valence-corrected chi connectivity index (χ1v) is 9.69. The van der Waals surface area contributed by atoms with Gasteiger partial charge in [0.05, 0.1) is 12.9 Å². The summed E-state index contributed by atoms with van der Waals surface area (Å²) in [6.07, 6.45) is 5.40. The lowest BCUT2D eigenvalue weighted by Crippen LogP contribution is -2.28. The zero-order valence-corrected chi connectivity index (χ0v) is 16.4. The van der Waals surface area contributed by atoms with E-state index in [-0.39, 0.29) is 5.91 Å². The fraction of sp³-hybridized carbons (Fsp3) is 0.0833. The number of benzene rings is 3. The molecular formula is C24H22N4O2. The van der Waals surface area contributed by atoms with Gasteiger partial charge in [-0.1, -0.05) is 24.3 Å². The maximum absolute atomic E-state index is 12.4. The van der Waals surface area contributed by atoms with Gasteiger partial charge >= 0.3 is 0 Å². The summed E-state index contributed by atoms with van der Waals surface area (Å²) in [5.41, 5.74) is 3.41. The molecule has 1 amide bonds. The van der Waals surface area contributed by atoms with Crippen molar-refractivity contribution in [2.45, 2.75) is 0 Å². The number of hydrogen-bond acceptors (Lipinski definition) is 4. The Bertz CT molecular complexity index is 1080. The maximum Gasteiger partial charge on any atom is 0.251 e. The van der Waals surface area contributed by atoms with Crippen molar-refractivity contribution >= 4 is 17.3 Å². The van der Waals surface area contributed by atoms with Crippen LogP contribution in [0.1, 0.15) is 10.4 Å². The molecule has 1 aromatic heterocycles. The van der Waals surface area contributed by atoms with Gasteiger partial charge < -0.3 is 19.9 Å². The lowest BCUT2D eigenvalue weighted by molar-refractivity contribution is 0.0947. The van der Waals surface area contributed by atoms with Gasteiger partial charge in [-0.05, 0) is 54.6 Å². The van der Waals surface area contributed by atoms with Crippen molar-refractivity contribution in [1.82, 2.24) is 14.9 Å². The summed E-state index contributed by atoms with van der Waals surface area (Å²) in [4.78, 5) is 16.5. The number of hydrogen-bond donors (Lipinski definition) is 2. The summed E-state index contributed by atoms with van der Waals surface area (Å²) in [5, 5.41) is 6.21. The summed E-state index contributed by atoms with van der Waals surface area (Å²) < 4.78 is 7.54. The van der Waals surface area contributed by atoms with E-state index in [0.29, 0.717) is 18.7 Å². The monoisotopic (exact) mass is 398 g/mol. The molecule has 4 rings (SSSR count). The Labute approximate surface area is 175 Å². The fourth-order valence-corrected chi connectivity index (χ4v) is 2.99. The maximum atomic E-state index is 12.4. The van der Waals surface area contributed by atoms with Crippen LogP contribution >= 0.6 is 0 Å². The third-order valence-corrected chi connectivity index (χ3v) is 4.48. The minimum atomic E-state index is -0.134. The van der Waals surface area contributed by atoms with Gasteiger partial charge in [0.15, 0.2) is 0 Å². The molecule has 3 aromatic carbocycles. The SMILES string of the molecule is O=C(NCCOc1ccccc1)c1cccc(Nc2ccc(-n3ccnc3)cc2)c1. The van der Waals surface area contributed by atoms with E-state index < -0.39 is 0 Å². The third-order valence-electron chi connectivity index (χ3n) is 4.48. The Hall–Kier alpha value is -4.06. The van der Waals surface area contributed by atoms with Crippen molar-refractivity contribution in [3.63, 3.8) is 0 Å². The molecule has 0 saturated heterocycles. The van der Waals surface area contributed by atoms with Gasteiger partial charge in [0.1, 0.15) is 12.4 Å². The second-order valence-corrected chi connectivity index (χ2v) is 6.64. The van der Waals surface area contributed by atoms with Crippen molar-refractivity contribution in [3.05, 3.63) is 103 Å². The molecule has 0 fully saturated rings. The number of anilines is 2. The van der Waals surface area contributed by atoms with E-state index >= 15 is 0 Å². The van der Waals surface area contributed by atoms with E-state index in [1.54, 1.807) is 18.6 Å². The minimum absolute atomic E-state index is 0.134. The van der Waals surface area contributed by atoms with Gasteiger partial charge in [-0.2, -0.15) is 0 Å². The molecule has 0 spiro atoms. The van der Waals surface area contributed by atoms with Gasteiger partial charge in [0.2, 0.25) is 0 Å². The highest BCUT2D eigenvalue weighted by atomic mass is 16.5. The number of imidazole rings is 1. The summed E-state index contributed by atoms with van der Waals surface area (Å²) in [6.45, 7) is 0.845. The fourth-order valence-electron chi connectivity index (χ4n) is 2.99. The largest absolute Gasteiger partial charge is 0.492 e. The molecule has 0 atom stereocenters. The van der Waals surface area contributed by atoms with Crippen LogP contribution < -0.4 is 15.4 Å². The Kier molecular flexibility index (Phi) is 6.05. The third kappa shape index (κ3) is 5.05. The first-order chi connectivity index (χ1) is 14.8. The molecule has 30 heavy (non-hydrogen) atoms. The lowest BCUT2D eigenvalue weighted by Gasteiger charge is -2.10. The number of nitrogens with one attached hydrogen (secondary N) is 2. The Morgan fingerprint density at radius 3 is 2.53 bits per heavy atom. The Balaban J connectivity index is 1.31. The molecular weight excluding hydrogens is 376 g/mol. The number of para-hydroxylation sites is 1. The van der Waals surface area contributed by atoms with Crippen LogP contribution in [0, 0.1) is 0 Å². The lowest BCUT2D eigenvalue weighted by atomic mass is 10.1. The van der Waals surface area contributed by atoms with Gasteiger partial charge in [0.25, 0.3) is 5.91 Å². The quantitative estimate of drug-likeness (QED) is 0.431. The zero-order valence-electron chi connectivity index (χ0n) is 16.4. The molecule has 0 aliphatic carbocycles. The van der Waals surface area contributed by atoms with Crippen molar-refractivity contribution in [3.8, 4) is 11.4 Å². The van der Waals surface area contributed by atoms with Crippen LogP contribution in [0.15, 0.2) is 97.6 Å². The van der Waals surface area contributed by atoms with Crippen molar-refractivity contribution in [1.29, 1.82) is 0 Å². The summed E-state index contributed by atoms with van der Waals surface area (Å²) in [6, 6.07) is 24.9. The topological polar surface area (TPSA) is 68.2 Å². The highest BCUT2D eigenvalue weighted by Crippen LogP contribution is 2.19. The van der Waals surface area contributed by atoms with Gasteiger partial charge in [-0.3, -0.25) is 4.79 Å². The zero-order chi connectivity index (χ0) is 20.6. The van der Waals surface area contributed by atoms with Crippen molar-refractivity contribution < 1.29 is 9.53 Å². The predicted octanol–water partition coefficient (Wildman–Crippen LogP) is 4.42. The molecule has 6 heteroatoms. The second-order valence-electron chi connectivity index (χ2n) is 6.64. The minimum Gasteiger partial charge on any atom is -0.492 e. The summed E-state index contributed by atoms with van der Waals surface area (Å²) in [7, 11) is 0. The van der Waals surface area contributed by atoms with Crippen molar-refractivity contribution in [2.24, 2.45) is 0 Å². The summed E-state index contributed by atoms with van der Waals surface area (Å²) >= 11 is 0. The Morgan fingerprint density at radius 1 is 0.933 bits per heavy atom. The van der Waals surface area contributed by atoms with Crippen LogP contribution in [-0.4, -0.2) is 28.6 Å². The van der Waals surface area contributed by atoms with Gasteiger partial charge in [-0.15, -0.1) is 0 Å². The highest BCUT2D eigenvalue weighted by molar-refractivity contribution is 5.95. The molecule has 6 nitrogen and oxygen atoms in total. The molecule has 150 valence electrons. The molecule has 0 aliphatic rings. The molecule has 1 heterocycles. The molecule has 2 N–H and O–H groups in total. The van der Waals surface area contributed by atoms with E-state index in [1.807, 2.05) is 83.6 Å². The average molecular weight is 398 g/mol. The molecule has 4 aromatic rings. The van der Waals surface area contributed by atoms with E-state index in [2.05, 4.69) is 15.6 Å². The predicted molar refractivity (Wildman–Crippen MR) is 118 cm³/mol. The van der Waals surface area contributed by atoms with Crippen LogP contribution in [0.25, 0.3) is 5.69 Å².